The van der Waals surface area contributed by atoms with Crippen LogP contribution < -0.4 is 11.1 Å². The van der Waals surface area contributed by atoms with Crippen molar-refractivity contribution in [3.05, 3.63) is 59.9 Å². The topological polar surface area (TPSA) is 55.1 Å². The molecule has 0 heterocycles. The Balaban J connectivity index is 2.03. The Kier molecular flexibility index (Phi) is 3.57. The van der Waals surface area contributed by atoms with Gasteiger partial charge in [-0.05, 0) is 29.8 Å². The van der Waals surface area contributed by atoms with Crippen LogP contribution in [0.15, 0.2) is 48.5 Å². The Morgan fingerprint density at radius 2 is 1.94 bits per heavy atom. The smallest absolute Gasteiger partial charge is 0.228 e. The van der Waals surface area contributed by atoms with Gasteiger partial charge >= 0.3 is 0 Å². The van der Waals surface area contributed by atoms with Crippen LogP contribution in [0.3, 0.4) is 0 Å². The van der Waals surface area contributed by atoms with Crippen LogP contribution in [0.2, 0.25) is 0 Å². The van der Waals surface area contributed by atoms with E-state index in [1.165, 1.54) is 12.1 Å². The zero-order valence-electron chi connectivity index (χ0n) is 9.69. The zero-order chi connectivity index (χ0) is 13.0. The van der Waals surface area contributed by atoms with E-state index in [9.17, 15) is 9.18 Å². The highest BCUT2D eigenvalue weighted by Gasteiger charge is 2.06. The van der Waals surface area contributed by atoms with E-state index < -0.39 is 0 Å². The third-order valence-electron chi connectivity index (χ3n) is 2.49. The number of anilines is 2. The van der Waals surface area contributed by atoms with Gasteiger partial charge in [0.25, 0.3) is 0 Å². The fourth-order valence-corrected chi connectivity index (χ4v) is 1.64. The Bertz CT molecular complexity index is 569. The summed E-state index contributed by atoms with van der Waals surface area (Å²) in [6.45, 7) is 0. The third-order valence-corrected chi connectivity index (χ3v) is 2.49. The summed E-state index contributed by atoms with van der Waals surface area (Å²) < 4.78 is 13.0. The highest BCUT2D eigenvalue weighted by Crippen LogP contribution is 2.17. The number of nitrogens with one attached hydrogen (secondary N) is 1. The van der Waals surface area contributed by atoms with Gasteiger partial charge < -0.3 is 11.1 Å². The van der Waals surface area contributed by atoms with Gasteiger partial charge in [0.05, 0.1) is 17.8 Å². The van der Waals surface area contributed by atoms with E-state index in [0.717, 1.165) is 0 Å². The van der Waals surface area contributed by atoms with Gasteiger partial charge in [0.15, 0.2) is 0 Å². The molecule has 1 amide bonds. The fourth-order valence-electron chi connectivity index (χ4n) is 1.64. The molecule has 4 heteroatoms. The van der Waals surface area contributed by atoms with E-state index in [-0.39, 0.29) is 18.1 Å². The molecule has 0 atom stereocenters. The van der Waals surface area contributed by atoms with Crippen LogP contribution in [-0.2, 0) is 11.2 Å². The number of benzene rings is 2. The Morgan fingerprint density at radius 3 is 2.67 bits per heavy atom. The monoisotopic (exact) mass is 244 g/mol. The van der Waals surface area contributed by atoms with Gasteiger partial charge in [-0.3, -0.25) is 4.79 Å². The number of hydrogen-bond acceptors (Lipinski definition) is 2. The van der Waals surface area contributed by atoms with Gasteiger partial charge in [-0.2, -0.15) is 0 Å². The number of nitrogen functional groups attached to an aromatic ring is 1. The summed E-state index contributed by atoms with van der Waals surface area (Å²) in [4.78, 5) is 11.8. The van der Waals surface area contributed by atoms with E-state index in [4.69, 9.17) is 5.73 Å². The first kappa shape index (κ1) is 12.1. The van der Waals surface area contributed by atoms with Crippen LogP contribution in [0.1, 0.15) is 5.56 Å². The SMILES string of the molecule is Nc1ccccc1NC(=O)Cc1cccc(F)c1. The lowest BCUT2D eigenvalue weighted by Crippen LogP contribution is -2.15. The number of carbonyl (C=O) groups is 1. The molecule has 0 fully saturated rings. The summed E-state index contributed by atoms with van der Waals surface area (Å²) in [6, 6.07) is 13.0. The molecular weight excluding hydrogens is 231 g/mol. The largest absolute Gasteiger partial charge is 0.397 e. The number of carbonyl (C=O) groups excluding carboxylic acids is 1. The van der Waals surface area contributed by atoms with Crippen molar-refractivity contribution in [2.75, 3.05) is 11.1 Å². The first-order chi connectivity index (χ1) is 8.65. The maximum absolute atomic E-state index is 13.0. The predicted octanol–water partition coefficient (Wildman–Crippen LogP) is 2.59. The van der Waals surface area contributed by atoms with Crippen molar-refractivity contribution in [1.82, 2.24) is 0 Å². The minimum Gasteiger partial charge on any atom is -0.397 e. The molecule has 0 aliphatic rings. The number of para-hydroxylation sites is 2. The second kappa shape index (κ2) is 5.31. The van der Waals surface area contributed by atoms with Gasteiger partial charge in [0.1, 0.15) is 5.82 Å². The number of rotatable bonds is 3. The standard InChI is InChI=1S/C14H13FN2O/c15-11-5-3-4-10(8-11)9-14(18)17-13-7-2-1-6-12(13)16/h1-8H,9,16H2,(H,17,18). The zero-order valence-corrected chi connectivity index (χ0v) is 9.69. The number of halogens is 1. The molecule has 0 radical (unpaired) electrons. The summed E-state index contributed by atoms with van der Waals surface area (Å²) in [6.07, 6.45) is 0.117. The van der Waals surface area contributed by atoms with Crippen molar-refractivity contribution in [2.45, 2.75) is 6.42 Å². The van der Waals surface area contributed by atoms with Crippen molar-refractivity contribution < 1.29 is 9.18 Å². The van der Waals surface area contributed by atoms with E-state index >= 15 is 0 Å². The summed E-state index contributed by atoms with van der Waals surface area (Å²) in [5, 5.41) is 2.69. The summed E-state index contributed by atoms with van der Waals surface area (Å²) >= 11 is 0. The van der Waals surface area contributed by atoms with E-state index in [1.807, 2.05) is 0 Å². The number of hydrogen-bond donors (Lipinski definition) is 2. The molecule has 0 spiro atoms. The summed E-state index contributed by atoms with van der Waals surface area (Å²) in [7, 11) is 0. The van der Waals surface area contributed by atoms with Gasteiger partial charge in [0.2, 0.25) is 5.91 Å². The lowest BCUT2D eigenvalue weighted by atomic mass is 10.1. The molecule has 0 unspecified atom stereocenters. The van der Waals surface area contributed by atoms with Crippen molar-refractivity contribution >= 4 is 17.3 Å². The van der Waals surface area contributed by atoms with Crippen LogP contribution in [0.5, 0.6) is 0 Å². The molecule has 0 aliphatic heterocycles. The number of nitrogens with two attached hydrogens (primary N) is 1. The molecule has 0 bridgehead atoms. The van der Waals surface area contributed by atoms with Crippen molar-refractivity contribution in [1.29, 1.82) is 0 Å². The van der Waals surface area contributed by atoms with Crippen LogP contribution in [0, 0.1) is 5.82 Å². The Morgan fingerprint density at radius 1 is 1.17 bits per heavy atom. The minimum absolute atomic E-state index is 0.117. The highest BCUT2D eigenvalue weighted by molar-refractivity contribution is 5.94. The number of amides is 1. The molecule has 2 aromatic rings. The average molecular weight is 244 g/mol. The lowest BCUT2D eigenvalue weighted by Gasteiger charge is -2.07. The molecule has 0 saturated heterocycles. The van der Waals surface area contributed by atoms with Gasteiger partial charge in [-0.1, -0.05) is 24.3 Å². The van der Waals surface area contributed by atoms with Crippen molar-refractivity contribution in [2.24, 2.45) is 0 Å². The maximum atomic E-state index is 13.0. The normalized spacial score (nSPS) is 10.1. The fraction of sp³-hybridized carbons (Fsp3) is 0.0714. The van der Waals surface area contributed by atoms with E-state index in [0.29, 0.717) is 16.9 Å². The van der Waals surface area contributed by atoms with Crippen molar-refractivity contribution in [3.63, 3.8) is 0 Å². The third kappa shape index (κ3) is 3.07. The molecule has 92 valence electrons. The molecule has 0 aliphatic carbocycles. The van der Waals surface area contributed by atoms with Crippen LogP contribution in [-0.4, -0.2) is 5.91 Å². The second-order valence-electron chi connectivity index (χ2n) is 3.94. The first-order valence-corrected chi connectivity index (χ1v) is 5.54. The van der Waals surface area contributed by atoms with Crippen LogP contribution >= 0.6 is 0 Å². The van der Waals surface area contributed by atoms with Crippen LogP contribution in [0.4, 0.5) is 15.8 Å². The molecular formula is C14H13FN2O. The predicted molar refractivity (Wildman–Crippen MR) is 69.6 cm³/mol. The molecule has 0 aromatic heterocycles. The average Bonchev–Trinajstić information content (AvgIpc) is 2.32. The van der Waals surface area contributed by atoms with Crippen molar-refractivity contribution in [3.8, 4) is 0 Å². The van der Waals surface area contributed by atoms with E-state index in [1.54, 1.807) is 36.4 Å². The molecule has 18 heavy (non-hydrogen) atoms. The summed E-state index contributed by atoms with van der Waals surface area (Å²) in [5.41, 5.74) is 7.41. The van der Waals surface area contributed by atoms with Gasteiger partial charge in [-0.25, -0.2) is 4.39 Å². The quantitative estimate of drug-likeness (QED) is 0.815. The van der Waals surface area contributed by atoms with Gasteiger partial charge in [0, 0.05) is 0 Å². The minimum atomic E-state index is -0.348. The summed E-state index contributed by atoms with van der Waals surface area (Å²) in [5.74, 6) is -0.571. The molecule has 2 aromatic carbocycles. The Labute approximate surface area is 104 Å². The molecule has 2 rings (SSSR count). The first-order valence-electron chi connectivity index (χ1n) is 5.54. The highest BCUT2D eigenvalue weighted by atomic mass is 19.1. The Hall–Kier alpha value is -2.36. The second-order valence-corrected chi connectivity index (χ2v) is 3.94. The molecule has 3 nitrogen and oxygen atoms in total. The maximum Gasteiger partial charge on any atom is 0.228 e. The molecule has 3 N–H and O–H groups in total. The van der Waals surface area contributed by atoms with Gasteiger partial charge in [-0.15, -0.1) is 0 Å². The van der Waals surface area contributed by atoms with Crippen LogP contribution in [0.25, 0.3) is 0 Å². The lowest BCUT2D eigenvalue weighted by molar-refractivity contribution is -0.115. The van der Waals surface area contributed by atoms with E-state index in [2.05, 4.69) is 5.32 Å². The molecule has 0 saturated carbocycles.